The van der Waals surface area contributed by atoms with E-state index in [1.807, 2.05) is 24.3 Å². The molecule has 1 heterocycles. The molecular weight excluding hydrogens is 320 g/mol. The first-order chi connectivity index (χ1) is 12.1. The highest BCUT2D eigenvalue weighted by Gasteiger charge is 2.20. The molecular formula is C20H21O5. The Hall–Kier alpha value is -2.53. The summed E-state index contributed by atoms with van der Waals surface area (Å²) in [6.07, 6.45) is 1.54. The Morgan fingerprint density at radius 1 is 1.16 bits per heavy atom. The number of rotatable bonds is 5. The van der Waals surface area contributed by atoms with Gasteiger partial charge < -0.3 is 18.9 Å². The van der Waals surface area contributed by atoms with E-state index in [-0.39, 0.29) is 6.29 Å². The van der Waals surface area contributed by atoms with E-state index >= 15 is 0 Å². The van der Waals surface area contributed by atoms with Crippen LogP contribution in [-0.4, -0.2) is 33.1 Å². The molecule has 1 aliphatic heterocycles. The van der Waals surface area contributed by atoms with Crippen molar-refractivity contribution in [2.24, 2.45) is 0 Å². The van der Waals surface area contributed by atoms with Crippen LogP contribution >= 0.6 is 0 Å². The lowest BCUT2D eigenvalue weighted by atomic mass is 9.97. The van der Waals surface area contributed by atoms with Crippen molar-refractivity contribution in [3.8, 4) is 22.6 Å². The second kappa shape index (κ2) is 7.57. The first-order valence-electron chi connectivity index (χ1n) is 8.13. The average Bonchev–Trinajstić information content (AvgIpc) is 3.14. The van der Waals surface area contributed by atoms with Crippen molar-refractivity contribution < 1.29 is 23.7 Å². The van der Waals surface area contributed by atoms with Gasteiger partial charge in [0.05, 0.1) is 26.4 Å². The number of hydrogen-bond donors (Lipinski definition) is 0. The third-order valence-corrected chi connectivity index (χ3v) is 4.11. The van der Waals surface area contributed by atoms with Crippen LogP contribution in [0.4, 0.5) is 0 Å². The van der Waals surface area contributed by atoms with Gasteiger partial charge in [-0.1, -0.05) is 18.2 Å². The SMILES string of the molecule is [CH2]c1ccc(C(=O)OC)c(-c2ccc(OC)c(OC3CCCO3)c2)c1. The maximum absolute atomic E-state index is 12.1. The maximum atomic E-state index is 12.1. The zero-order valence-electron chi connectivity index (χ0n) is 14.4. The lowest BCUT2D eigenvalue weighted by molar-refractivity contribution is -0.0402. The van der Waals surface area contributed by atoms with E-state index in [4.69, 9.17) is 18.9 Å². The van der Waals surface area contributed by atoms with E-state index in [1.54, 1.807) is 19.2 Å². The lowest BCUT2D eigenvalue weighted by Crippen LogP contribution is -2.14. The molecule has 0 bridgehead atoms. The highest BCUT2D eigenvalue weighted by Crippen LogP contribution is 2.36. The van der Waals surface area contributed by atoms with Crippen molar-refractivity contribution in [3.05, 3.63) is 54.4 Å². The quantitative estimate of drug-likeness (QED) is 0.773. The van der Waals surface area contributed by atoms with Gasteiger partial charge in [-0.25, -0.2) is 4.79 Å². The molecule has 1 saturated heterocycles. The minimum atomic E-state index is -0.396. The molecule has 1 atom stereocenters. The van der Waals surface area contributed by atoms with Crippen molar-refractivity contribution >= 4 is 5.97 Å². The fourth-order valence-electron chi connectivity index (χ4n) is 2.84. The molecule has 5 heteroatoms. The second-order valence-corrected chi connectivity index (χ2v) is 5.80. The molecule has 1 unspecified atom stereocenters. The fourth-order valence-corrected chi connectivity index (χ4v) is 2.84. The number of hydrogen-bond acceptors (Lipinski definition) is 5. The van der Waals surface area contributed by atoms with Crippen LogP contribution in [0.1, 0.15) is 28.8 Å². The molecule has 0 saturated carbocycles. The van der Waals surface area contributed by atoms with Crippen molar-refractivity contribution in [3.63, 3.8) is 0 Å². The van der Waals surface area contributed by atoms with Gasteiger partial charge in [-0.05, 0) is 48.2 Å². The molecule has 0 aliphatic carbocycles. The summed E-state index contributed by atoms with van der Waals surface area (Å²) < 4.78 is 21.7. The van der Waals surface area contributed by atoms with Crippen LogP contribution in [0.25, 0.3) is 11.1 Å². The summed E-state index contributed by atoms with van der Waals surface area (Å²) in [7, 11) is 2.96. The van der Waals surface area contributed by atoms with Gasteiger partial charge >= 0.3 is 5.97 Å². The summed E-state index contributed by atoms with van der Waals surface area (Å²) in [5, 5.41) is 0. The molecule has 0 spiro atoms. The summed E-state index contributed by atoms with van der Waals surface area (Å²) in [6.45, 7) is 4.64. The first kappa shape index (κ1) is 17.3. The number of benzene rings is 2. The minimum Gasteiger partial charge on any atom is -0.493 e. The van der Waals surface area contributed by atoms with Crippen molar-refractivity contribution in [1.82, 2.24) is 0 Å². The molecule has 5 nitrogen and oxygen atoms in total. The highest BCUT2D eigenvalue weighted by atomic mass is 16.7. The van der Waals surface area contributed by atoms with E-state index in [0.29, 0.717) is 23.7 Å². The molecule has 0 N–H and O–H groups in total. The number of carbonyl (C=O) groups is 1. The molecule has 25 heavy (non-hydrogen) atoms. The lowest BCUT2D eigenvalue weighted by Gasteiger charge is -2.17. The molecule has 3 rings (SSSR count). The van der Waals surface area contributed by atoms with Crippen LogP contribution in [0.15, 0.2) is 36.4 Å². The summed E-state index contributed by atoms with van der Waals surface area (Å²) in [5.41, 5.74) is 2.84. The molecule has 1 radical (unpaired) electrons. The van der Waals surface area contributed by atoms with Gasteiger partial charge in [-0.15, -0.1) is 0 Å². The Morgan fingerprint density at radius 3 is 2.68 bits per heavy atom. The minimum absolute atomic E-state index is 0.275. The van der Waals surface area contributed by atoms with Gasteiger partial charge in [-0.2, -0.15) is 0 Å². The van der Waals surface area contributed by atoms with Crippen LogP contribution < -0.4 is 9.47 Å². The van der Waals surface area contributed by atoms with Gasteiger partial charge in [0.2, 0.25) is 0 Å². The van der Waals surface area contributed by atoms with Crippen molar-refractivity contribution in [1.29, 1.82) is 0 Å². The Kier molecular flexibility index (Phi) is 5.24. The smallest absolute Gasteiger partial charge is 0.338 e. The Morgan fingerprint density at radius 2 is 2.00 bits per heavy atom. The summed E-state index contributed by atoms with van der Waals surface area (Å²) in [5.74, 6) is 0.800. The van der Waals surface area contributed by atoms with Crippen LogP contribution in [0.2, 0.25) is 0 Å². The summed E-state index contributed by atoms with van der Waals surface area (Å²) in [6, 6.07) is 10.9. The Balaban J connectivity index is 2.02. The highest BCUT2D eigenvalue weighted by molar-refractivity contribution is 5.97. The predicted octanol–water partition coefficient (Wildman–Crippen LogP) is 3.85. The fraction of sp³-hybridized carbons (Fsp3) is 0.300. The van der Waals surface area contributed by atoms with Crippen LogP contribution in [0.5, 0.6) is 11.5 Å². The van der Waals surface area contributed by atoms with Crippen molar-refractivity contribution in [2.45, 2.75) is 19.1 Å². The van der Waals surface area contributed by atoms with Gasteiger partial charge in [-0.3, -0.25) is 0 Å². The van der Waals surface area contributed by atoms with E-state index in [2.05, 4.69) is 6.92 Å². The average molecular weight is 341 g/mol. The largest absolute Gasteiger partial charge is 0.493 e. The molecule has 131 valence electrons. The molecule has 0 amide bonds. The molecule has 2 aromatic carbocycles. The second-order valence-electron chi connectivity index (χ2n) is 5.80. The van der Waals surface area contributed by atoms with Crippen LogP contribution in [0, 0.1) is 6.92 Å². The summed E-state index contributed by atoms with van der Waals surface area (Å²) in [4.78, 5) is 12.1. The molecule has 0 aromatic heterocycles. The monoisotopic (exact) mass is 341 g/mol. The topological polar surface area (TPSA) is 54.0 Å². The van der Waals surface area contributed by atoms with E-state index in [0.717, 1.165) is 29.5 Å². The van der Waals surface area contributed by atoms with Crippen molar-refractivity contribution in [2.75, 3.05) is 20.8 Å². The van der Waals surface area contributed by atoms with Gasteiger partial charge in [0.25, 0.3) is 0 Å². The molecule has 1 aliphatic rings. The first-order valence-corrected chi connectivity index (χ1v) is 8.13. The van der Waals surface area contributed by atoms with E-state index < -0.39 is 5.97 Å². The molecule has 1 fully saturated rings. The standard InChI is InChI=1S/C20H21O5/c1-13-6-8-15(20(21)23-3)16(11-13)14-7-9-17(22-2)18(12-14)25-19-5-4-10-24-19/h6-9,11-12,19H,1,4-5,10H2,2-3H3. The molecule has 2 aromatic rings. The van der Waals surface area contributed by atoms with Crippen LogP contribution in [-0.2, 0) is 9.47 Å². The Labute approximate surface area is 147 Å². The van der Waals surface area contributed by atoms with Gasteiger partial charge in [0, 0.05) is 6.42 Å². The zero-order valence-corrected chi connectivity index (χ0v) is 14.4. The van der Waals surface area contributed by atoms with Gasteiger partial charge in [0.1, 0.15) is 0 Å². The van der Waals surface area contributed by atoms with E-state index in [1.165, 1.54) is 7.11 Å². The normalized spacial score (nSPS) is 16.5. The number of esters is 1. The van der Waals surface area contributed by atoms with Gasteiger partial charge in [0.15, 0.2) is 17.8 Å². The summed E-state index contributed by atoms with van der Waals surface area (Å²) >= 11 is 0. The number of carbonyl (C=O) groups excluding carboxylic acids is 1. The Bertz CT molecular complexity index is 763. The number of methoxy groups -OCH3 is 2. The maximum Gasteiger partial charge on any atom is 0.338 e. The zero-order chi connectivity index (χ0) is 17.8. The number of ether oxygens (including phenoxy) is 4. The third kappa shape index (κ3) is 3.77. The predicted molar refractivity (Wildman–Crippen MR) is 93.8 cm³/mol. The van der Waals surface area contributed by atoms with E-state index in [9.17, 15) is 4.79 Å². The third-order valence-electron chi connectivity index (χ3n) is 4.11. The van der Waals surface area contributed by atoms with Crippen LogP contribution in [0.3, 0.4) is 0 Å².